The molecule has 9 nitrogen and oxygen atoms in total. The number of sulfonamides is 2. The molecule has 0 aliphatic carbocycles. The molecule has 0 atom stereocenters. The fourth-order valence-corrected chi connectivity index (χ4v) is 4.80. The maximum atomic E-state index is 12.6. The first-order valence-corrected chi connectivity index (χ1v) is 13.1. The number of amides is 1. The summed E-state index contributed by atoms with van der Waals surface area (Å²) in [5.74, 6) is -0.201. The molecule has 0 unspecified atom stereocenters. The molecule has 0 saturated heterocycles. The van der Waals surface area contributed by atoms with Crippen molar-refractivity contribution in [3.05, 3.63) is 77.9 Å². The third-order valence-electron chi connectivity index (χ3n) is 4.84. The topological polar surface area (TPSA) is 131 Å². The molecular formula is C23H25N3O6S2. The predicted octanol–water partition coefficient (Wildman–Crippen LogP) is 3.03. The first-order valence-electron chi connectivity index (χ1n) is 10.2. The van der Waals surface area contributed by atoms with Crippen LogP contribution in [0.5, 0.6) is 5.75 Å². The van der Waals surface area contributed by atoms with Crippen LogP contribution in [0.3, 0.4) is 0 Å². The van der Waals surface area contributed by atoms with Crippen molar-refractivity contribution in [2.75, 3.05) is 23.7 Å². The zero-order valence-corrected chi connectivity index (χ0v) is 20.5. The summed E-state index contributed by atoms with van der Waals surface area (Å²) in [4.78, 5) is 12.4. The standard InChI is InChI=1S/C23H25N3O6S2/c1-16-5-4-6-18(13-16)26-34(30,31)20-11-8-19(9-12-20)32-15-23(27)25-22-14-21(10-7-17(22)2)33(28,29)24-3/h4-14,24,26H,15H2,1-3H3,(H,25,27). The molecule has 0 spiro atoms. The Hall–Kier alpha value is -3.41. The molecule has 1 amide bonds. The van der Waals surface area contributed by atoms with Crippen LogP contribution in [0.25, 0.3) is 0 Å². The summed E-state index contributed by atoms with van der Waals surface area (Å²) < 4.78 is 59.3. The number of aryl methyl sites for hydroxylation is 2. The third kappa shape index (κ3) is 6.34. The highest BCUT2D eigenvalue weighted by Crippen LogP contribution is 2.22. The van der Waals surface area contributed by atoms with Crippen LogP contribution in [0.1, 0.15) is 11.1 Å². The normalized spacial score (nSPS) is 11.6. The van der Waals surface area contributed by atoms with E-state index >= 15 is 0 Å². The SMILES string of the molecule is CNS(=O)(=O)c1ccc(C)c(NC(=O)COc2ccc(S(=O)(=O)Nc3cccc(C)c3)cc2)c1. The minimum Gasteiger partial charge on any atom is -0.484 e. The van der Waals surface area contributed by atoms with E-state index in [1.165, 1.54) is 43.4 Å². The van der Waals surface area contributed by atoms with E-state index < -0.39 is 26.0 Å². The van der Waals surface area contributed by atoms with Crippen LogP contribution in [0, 0.1) is 13.8 Å². The highest BCUT2D eigenvalue weighted by atomic mass is 32.2. The van der Waals surface area contributed by atoms with E-state index in [2.05, 4.69) is 14.8 Å². The molecule has 34 heavy (non-hydrogen) atoms. The monoisotopic (exact) mass is 503 g/mol. The lowest BCUT2D eigenvalue weighted by Crippen LogP contribution is -2.22. The fourth-order valence-electron chi connectivity index (χ4n) is 2.99. The second-order valence-corrected chi connectivity index (χ2v) is 11.0. The van der Waals surface area contributed by atoms with E-state index in [0.717, 1.165) is 5.56 Å². The molecule has 3 rings (SSSR count). The van der Waals surface area contributed by atoms with Crippen molar-refractivity contribution >= 4 is 37.3 Å². The van der Waals surface area contributed by atoms with Crippen LogP contribution in [-0.4, -0.2) is 36.4 Å². The van der Waals surface area contributed by atoms with Crippen molar-refractivity contribution in [3.63, 3.8) is 0 Å². The Morgan fingerprint density at radius 2 is 1.53 bits per heavy atom. The van der Waals surface area contributed by atoms with E-state index in [1.807, 2.05) is 13.0 Å². The van der Waals surface area contributed by atoms with Gasteiger partial charge in [0.1, 0.15) is 5.75 Å². The van der Waals surface area contributed by atoms with Gasteiger partial charge in [0.15, 0.2) is 6.61 Å². The van der Waals surface area contributed by atoms with E-state index in [1.54, 1.807) is 31.2 Å². The molecule has 0 aliphatic heterocycles. The van der Waals surface area contributed by atoms with Crippen LogP contribution in [0.4, 0.5) is 11.4 Å². The van der Waals surface area contributed by atoms with Crippen molar-refractivity contribution in [2.24, 2.45) is 0 Å². The summed E-state index contributed by atoms with van der Waals surface area (Å²) in [7, 11) is -6.13. The van der Waals surface area contributed by atoms with Gasteiger partial charge in [0, 0.05) is 11.4 Å². The van der Waals surface area contributed by atoms with Gasteiger partial charge in [-0.3, -0.25) is 9.52 Å². The van der Waals surface area contributed by atoms with Gasteiger partial charge in [-0.1, -0.05) is 18.2 Å². The van der Waals surface area contributed by atoms with Gasteiger partial charge < -0.3 is 10.1 Å². The number of ether oxygens (including phenoxy) is 1. The van der Waals surface area contributed by atoms with Crippen molar-refractivity contribution < 1.29 is 26.4 Å². The van der Waals surface area contributed by atoms with Crippen molar-refractivity contribution in [3.8, 4) is 5.75 Å². The second kappa shape index (κ2) is 10.2. The lowest BCUT2D eigenvalue weighted by molar-refractivity contribution is -0.118. The maximum Gasteiger partial charge on any atom is 0.262 e. The van der Waals surface area contributed by atoms with Gasteiger partial charge >= 0.3 is 0 Å². The van der Waals surface area contributed by atoms with Gasteiger partial charge in [-0.05, 0) is 80.6 Å². The summed E-state index contributed by atoms with van der Waals surface area (Å²) in [6.45, 7) is 3.24. The molecule has 0 aliphatic rings. The molecule has 0 fully saturated rings. The molecule has 0 bridgehead atoms. The highest BCUT2D eigenvalue weighted by Gasteiger charge is 2.16. The zero-order valence-electron chi connectivity index (χ0n) is 18.8. The van der Waals surface area contributed by atoms with Crippen molar-refractivity contribution in [1.29, 1.82) is 0 Å². The number of hydrogen-bond donors (Lipinski definition) is 3. The molecule has 11 heteroatoms. The summed E-state index contributed by atoms with van der Waals surface area (Å²) in [5.41, 5.74) is 2.40. The first-order chi connectivity index (χ1) is 16.0. The Morgan fingerprint density at radius 1 is 0.853 bits per heavy atom. The van der Waals surface area contributed by atoms with Crippen LogP contribution in [0.15, 0.2) is 76.5 Å². The lowest BCUT2D eigenvalue weighted by atomic mass is 10.2. The molecule has 180 valence electrons. The van der Waals surface area contributed by atoms with Gasteiger partial charge in [-0.2, -0.15) is 0 Å². The minimum atomic E-state index is -3.78. The Bertz CT molecular complexity index is 1400. The molecule has 0 aromatic heterocycles. The van der Waals surface area contributed by atoms with Gasteiger partial charge in [-0.25, -0.2) is 21.6 Å². The minimum absolute atomic E-state index is 0.0212. The number of anilines is 2. The molecule has 0 saturated carbocycles. The maximum absolute atomic E-state index is 12.6. The van der Waals surface area contributed by atoms with Gasteiger partial charge in [-0.15, -0.1) is 0 Å². The molecule has 3 N–H and O–H groups in total. The quantitative estimate of drug-likeness (QED) is 0.411. The Balaban J connectivity index is 1.62. The van der Waals surface area contributed by atoms with E-state index in [-0.39, 0.29) is 16.4 Å². The Labute approximate surface area is 199 Å². The Kier molecular flexibility index (Phi) is 7.60. The van der Waals surface area contributed by atoms with Gasteiger partial charge in [0.2, 0.25) is 10.0 Å². The summed E-state index contributed by atoms with van der Waals surface area (Å²) in [5, 5.41) is 2.62. The lowest BCUT2D eigenvalue weighted by Gasteiger charge is -2.12. The number of carbonyl (C=O) groups excluding carboxylic acids is 1. The number of benzene rings is 3. The molecular weight excluding hydrogens is 478 g/mol. The summed E-state index contributed by atoms with van der Waals surface area (Å²) in [6.07, 6.45) is 0. The number of hydrogen-bond acceptors (Lipinski definition) is 6. The average molecular weight is 504 g/mol. The Morgan fingerprint density at radius 3 is 2.18 bits per heavy atom. The molecule has 0 radical (unpaired) electrons. The smallest absolute Gasteiger partial charge is 0.262 e. The van der Waals surface area contributed by atoms with Crippen molar-refractivity contribution in [1.82, 2.24) is 4.72 Å². The van der Waals surface area contributed by atoms with Gasteiger partial charge in [0.05, 0.1) is 9.79 Å². The first kappa shape index (κ1) is 25.2. The van der Waals surface area contributed by atoms with Crippen molar-refractivity contribution in [2.45, 2.75) is 23.6 Å². The number of rotatable bonds is 9. The van der Waals surface area contributed by atoms with Crippen LogP contribution >= 0.6 is 0 Å². The third-order valence-corrected chi connectivity index (χ3v) is 7.65. The predicted molar refractivity (Wildman–Crippen MR) is 130 cm³/mol. The second-order valence-electron chi connectivity index (χ2n) is 7.47. The van der Waals surface area contributed by atoms with E-state index in [9.17, 15) is 21.6 Å². The molecule has 0 heterocycles. The highest BCUT2D eigenvalue weighted by molar-refractivity contribution is 7.92. The zero-order chi connectivity index (χ0) is 24.9. The summed E-state index contributed by atoms with van der Waals surface area (Å²) in [6, 6.07) is 17.0. The largest absolute Gasteiger partial charge is 0.484 e. The van der Waals surface area contributed by atoms with E-state index in [4.69, 9.17) is 4.74 Å². The summed E-state index contributed by atoms with van der Waals surface area (Å²) >= 11 is 0. The number of carbonyl (C=O) groups is 1. The van der Waals surface area contributed by atoms with Crippen LogP contribution in [0.2, 0.25) is 0 Å². The fraction of sp³-hybridized carbons (Fsp3) is 0.174. The van der Waals surface area contributed by atoms with Gasteiger partial charge in [0.25, 0.3) is 15.9 Å². The van der Waals surface area contributed by atoms with Crippen LogP contribution in [-0.2, 0) is 24.8 Å². The number of nitrogens with one attached hydrogen (secondary N) is 3. The molecule has 3 aromatic carbocycles. The average Bonchev–Trinajstić information content (AvgIpc) is 2.79. The molecule has 3 aromatic rings. The van der Waals surface area contributed by atoms with Crippen LogP contribution < -0.4 is 19.5 Å². The van der Waals surface area contributed by atoms with E-state index in [0.29, 0.717) is 22.7 Å².